The Hall–Kier alpha value is -3.10. The third kappa shape index (κ3) is 5.87. The number of rotatable bonds is 7. The van der Waals surface area contributed by atoms with Crippen LogP contribution in [0.5, 0.6) is 11.5 Å². The lowest BCUT2D eigenvalue weighted by molar-refractivity contribution is -0.131. The number of ether oxygens (including phenoxy) is 3. The summed E-state index contributed by atoms with van der Waals surface area (Å²) in [7, 11) is 1.62. The molecule has 2 heterocycles. The second-order valence-corrected chi connectivity index (χ2v) is 8.58. The highest BCUT2D eigenvalue weighted by molar-refractivity contribution is 5.95. The molecule has 8 heteroatoms. The van der Waals surface area contributed by atoms with E-state index in [0.29, 0.717) is 37.6 Å². The zero-order chi connectivity index (χ0) is 23.9. The normalized spacial score (nSPS) is 19.1. The summed E-state index contributed by atoms with van der Waals surface area (Å²) in [5.41, 5.74) is 1.55. The molecule has 2 amide bonds. The summed E-state index contributed by atoms with van der Waals surface area (Å²) >= 11 is 0. The standard InChI is InChI=1S/C26H33N3O5/c1-20(30)28-10-11-29(25(19-28)21-6-8-23(32-2)9-7-21)26(31)22-4-3-5-24(18-22)34-17-14-27-12-15-33-16-13-27/h3-9,18,25H,10-17,19H2,1-2H3/t25-/m0/s1. The van der Waals surface area contributed by atoms with Gasteiger partial charge in [-0.15, -0.1) is 0 Å². The minimum absolute atomic E-state index is 0.0151. The molecule has 2 aliphatic rings. The first kappa shape index (κ1) is 24.0. The molecule has 1 atom stereocenters. The first-order chi connectivity index (χ1) is 16.5. The monoisotopic (exact) mass is 467 g/mol. The van der Waals surface area contributed by atoms with Crippen LogP contribution in [0.4, 0.5) is 0 Å². The molecule has 0 saturated carbocycles. The van der Waals surface area contributed by atoms with E-state index in [1.807, 2.05) is 53.4 Å². The van der Waals surface area contributed by atoms with E-state index in [2.05, 4.69) is 4.90 Å². The third-order valence-electron chi connectivity index (χ3n) is 6.45. The SMILES string of the molecule is COc1ccc([C@@H]2CN(C(C)=O)CCN2C(=O)c2cccc(OCCN3CCOCC3)c2)cc1. The maximum absolute atomic E-state index is 13.6. The molecule has 0 bridgehead atoms. The Kier molecular flexibility index (Phi) is 8.03. The van der Waals surface area contributed by atoms with Crippen molar-refractivity contribution in [2.45, 2.75) is 13.0 Å². The Morgan fingerprint density at radius 1 is 1.00 bits per heavy atom. The highest BCUT2D eigenvalue weighted by Gasteiger charge is 2.33. The summed E-state index contributed by atoms with van der Waals surface area (Å²) in [5, 5.41) is 0. The molecule has 34 heavy (non-hydrogen) atoms. The van der Waals surface area contributed by atoms with E-state index in [-0.39, 0.29) is 17.9 Å². The predicted octanol–water partition coefficient (Wildman–Crippen LogP) is 2.45. The summed E-state index contributed by atoms with van der Waals surface area (Å²) in [4.78, 5) is 31.6. The molecule has 8 nitrogen and oxygen atoms in total. The van der Waals surface area contributed by atoms with Crippen LogP contribution in [0, 0.1) is 0 Å². The van der Waals surface area contributed by atoms with Crippen LogP contribution >= 0.6 is 0 Å². The van der Waals surface area contributed by atoms with Crippen LogP contribution in [0.25, 0.3) is 0 Å². The number of benzene rings is 2. The topological polar surface area (TPSA) is 71.5 Å². The molecule has 2 fully saturated rings. The predicted molar refractivity (Wildman–Crippen MR) is 128 cm³/mol. The second-order valence-electron chi connectivity index (χ2n) is 8.58. The fraction of sp³-hybridized carbons (Fsp3) is 0.462. The number of carbonyl (C=O) groups excluding carboxylic acids is 2. The van der Waals surface area contributed by atoms with Gasteiger partial charge in [-0.05, 0) is 35.9 Å². The molecule has 4 rings (SSSR count). The van der Waals surface area contributed by atoms with E-state index >= 15 is 0 Å². The van der Waals surface area contributed by atoms with E-state index in [4.69, 9.17) is 14.2 Å². The fourth-order valence-electron chi connectivity index (χ4n) is 4.43. The van der Waals surface area contributed by atoms with Gasteiger partial charge in [-0.2, -0.15) is 0 Å². The molecular formula is C26H33N3O5. The van der Waals surface area contributed by atoms with Gasteiger partial charge in [0.1, 0.15) is 18.1 Å². The van der Waals surface area contributed by atoms with Crippen molar-refractivity contribution >= 4 is 11.8 Å². The van der Waals surface area contributed by atoms with Gasteiger partial charge in [-0.1, -0.05) is 18.2 Å². The van der Waals surface area contributed by atoms with Crippen molar-refractivity contribution in [3.8, 4) is 11.5 Å². The molecule has 0 radical (unpaired) electrons. The second kappa shape index (κ2) is 11.4. The van der Waals surface area contributed by atoms with Gasteiger partial charge < -0.3 is 24.0 Å². The highest BCUT2D eigenvalue weighted by atomic mass is 16.5. The minimum atomic E-state index is -0.234. The van der Waals surface area contributed by atoms with E-state index in [0.717, 1.165) is 44.2 Å². The smallest absolute Gasteiger partial charge is 0.254 e. The number of hydrogen-bond acceptors (Lipinski definition) is 6. The van der Waals surface area contributed by atoms with Gasteiger partial charge in [0, 0.05) is 51.8 Å². The lowest BCUT2D eigenvalue weighted by Gasteiger charge is -2.41. The Morgan fingerprint density at radius 3 is 2.47 bits per heavy atom. The third-order valence-corrected chi connectivity index (χ3v) is 6.45. The average Bonchev–Trinajstić information content (AvgIpc) is 2.89. The molecule has 0 spiro atoms. The van der Waals surface area contributed by atoms with Gasteiger partial charge in [0.25, 0.3) is 5.91 Å². The Bertz CT molecular complexity index is 975. The lowest BCUT2D eigenvalue weighted by atomic mass is 10.0. The zero-order valence-electron chi connectivity index (χ0n) is 19.9. The van der Waals surface area contributed by atoms with Crippen LogP contribution in [-0.4, -0.2) is 92.7 Å². The molecular weight excluding hydrogens is 434 g/mol. The molecule has 0 unspecified atom stereocenters. The van der Waals surface area contributed by atoms with Gasteiger partial charge in [-0.3, -0.25) is 14.5 Å². The number of hydrogen-bond donors (Lipinski definition) is 0. The van der Waals surface area contributed by atoms with Gasteiger partial charge in [0.2, 0.25) is 5.91 Å². The van der Waals surface area contributed by atoms with Crippen molar-refractivity contribution in [2.75, 3.05) is 66.2 Å². The van der Waals surface area contributed by atoms with Crippen molar-refractivity contribution in [1.82, 2.24) is 14.7 Å². The van der Waals surface area contributed by atoms with Crippen molar-refractivity contribution in [3.63, 3.8) is 0 Å². The van der Waals surface area contributed by atoms with Crippen LogP contribution in [0.15, 0.2) is 48.5 Å². The average molecular weight is 468 g/mol. The largest absolute Gasteiger partial charge is 0.497 e. The zero-order valence-corrected chi connectivity index (χ0v) is 19.9. The maximum Gasteiger partial charge on any atom is 0.254 e. The Morgan fingerprint density at radius 2 is 1.76 bits per heavy atom. The molecule has 182 valence electrons. The summed E-state index contributed by atoms with van der Waals surface area (Å²) in [6, 6.07) is 14.8. The summed E-state index contributed by atoms with van der Waals surface area (Å²) in [6.07, 6.45) is 0. The van der Waals surface area contributed by atoms with Gasteiger partial charge in [0.15, 0.2) is 0 Å². The summed E-state index contributed by atoms with van der Waals surface area (Å²) in [5.74, 6) is 1.38. The number of nitrogens with zero attached hydrogens (tertiary/aromatic N) is 3. The van der Waals surface area contributed by atoms with Crippen LogP contribution in [-0.2, 0) is 9.53 Å². The number of piperazine rings is 1. The van der Waals surface area contributed by atoms with E-state index in [1.165, 1.54) is 0 Å². The van der Waals surface area contributed by atoms with Crippen LogP contribution in [0.2, 0.25) is 0 Å². The molecule has 2 saturated heterocycles. The van der Waals surface area contributed by atoms with Crippen molar-refractivity contribution in [2.24, 2.45) is 0 Å². The first-order valence-electron chi connectivity index (χ1n) is 11.8. The van der Waals surface area contributed by atoms with E-state index in [1.54, 1.807) is 18.9 Å². The molecule has 2 aromatic carbocycles. The van der Waals surface area contributed by atoms with Crippen LogP contribution in [0.3, 0.4) is 0 Å². The maximum atomic E-state index is 13.6. The highest BCUT2D eigenvalue weighted by Crippen LogP contribution is 2.29. The Labute approximate surface area is 201 Å². The first-order valence-corrected chi connectivity index (χ1v) is 11.8. The van der Waals surface area contributed by atoms with Crippen molar-refractivity contribution in [1.29, 1.82) is 0 Å². The molecule has 0 N–H and O–H groups in total. The quantitative estimate of drug-likeness (QED) is 0.623. The van der Waals surface area contributed by atoms with Gasteiger partial charge in [-0.25, -0.2) is 0 Å². The minimum Gasteiger partial charge on any atom is -0.497 e. The van der Waals surface area contributed by atoms with E-state index < -0.39 is 0 Å². The summed E-state index contributed by atoms with van der Waals surface area (Å²) in [6.45, 7) is 7.76. The number of amides is 2. The van der Waals surface area contributed by atoms with E-state index in [9.17, 15) is 9.59 Å². The van der Waals surface area contributed by atoms with Crippen LogP contribution < -0.4 is 9.47 Å². The number of methoxy groups -OCH3 is 1. The number of carbonyl (C=O) groups is 2. The molecule has 0 aliphatic carbocycles. The molecule has 2 aromatic rings. The number of morpholine rings is 1. The summed E-state index contributed by atoms with van der Waals surface area (Å²) < 4.78 is 16.6. The lowest BCUT2D eigenvalue weighted by Crippen LogP contribution is -2.51. The molecule has 0 aromatic heterocycles. The Balaban J connectivity index is 1.46. The van der Waals surface area contributed by atoms with Crippen LogP contribution in [0.1, 0.15) is 28.9 Å². The van der Waals surface area contributed by atoms with Gasteiger partial charge >= 0.3 is 0 Å². The van der Waals surface area contributed by atoms with Crippen molar-refractivity contribution in [3.05, 3.63) is 59.7 Å². The molecule has 2 aliphatic heterocycles. The fourth-order valence-corrected chi connectivity index (χ4v) is 4.43. The van der Waals surface area contributed by atoms with Gasteiger partial charge in [0.05, 0.1) is 26.4 Å². The van der Waals surface area contributed by atoms with Crippen molar-refractivity contribution < 1.29 is 23.8 Å².